The van der Waals surface area contributed by atoms with E-state index in [-0.39, 0.29) is 5.41 Å². The highest BCUT2D eigenvalue weighted by molar-refractivity contribution is 8.65. The first-order chi connectivity index (χ1) is 8.82. The van der Waals surface area contributed by atoms with E-state index in [1.165, 1.54) is 10.9 Å². The van der Waals surface area contributed by atoms with Crippen LogP contribution in [0.1, 0.15) is 26.3 Å². The topological polar surface area (TPSA) is 12.5 Å². The maximum Gasteiger partial charge on any atom is 0.0924 e. The van der Waals surface area contributed by atoms with E-state index in [0.29, 0.717) is 0 Å². The highest BCUT2D eigenvalue weighted by Crippen LogP contribution is 2.53. The summed E-state index contributed by atoms with van der Waals surface area (Å²) >= 11 is 10.6. The summed E-state index contributed by atoms with van der Waals surface area (Å²) in [7, 11) is 0. The second kappa shape index (κ2) is 5.87. The quantitative estimate of drug-likeness (QED) is 0.665. The van der Waals surface area contributed by atoms with Crippen molar-refractivity contribution in [3.63, 3.8) is 0 Å². The van der Waals surface area contributed by atoms with Crippen molar-refractivity contribution in [3.8, 4) is 0 Å². The van der Waals surface area contributed by atoms with E-state index in [0.717, 1.165) is 26.3 Å². The molecular formula is C14H22NOPS2. The molecular weight excluding hydrogens is 293 g/mol. The van der Waals surface area contributed by atoms with Gasteiger partial charge in [-0.1, -0.05) is 56.8 Å². The van der Waals surface area contributed by atoms with Crippen LogP contribution in [0.5, 0.6) is 0 Å². The Hall–Kier alpha value is 0.140. The number of thiol groups is 1. The molecule has 5 heteroatoms. The Balaban J connectivity index is 2.23. The molecule has 0 aliphatic carbocycles. The van der Waals surface area contributed by atoms with Crippen LogP contribution >= 0.6 is 17.6 Å². The smallest absolute Gasteiger partial charge is 0.0924 e. The number of nitrogens with zero attached hydrogens (tertiary/aromatic N) is 1. The third kappa shape index (κ3) is 3.62. The maximum absolute atomic E-state index is 5.81. The molecule has 0 aromatic heterocycles. The van der Waals surface area contributed by atoms with Crippen LogP contribution in [0.2, 0.25) is 0 Å². The van der Waals surface area contributed by atoms with Crippen LogP contribution in [-0.2, 0) is 22.0 Å². The predicted molar refractivity (Wildman–Crippen MR) is 90.4 cm³/mol. The fourth-order valence-corrected chi connectivity index (χ4v) is 5.50. The number of morpholine rings is 1. The zero-order valence-electron chi connectivity index (χ0n) is 11.8. The second-order valence-corrected chi connectivity index (χ2v) is 12.2. The van der Waals surface area contributed by atoms with Crippen molar-refractivity contribution in [2.24, 2.45) is 0 Å². The highest BCUT2D eigenvalue weighted by atomic mass is 32.9. The van der Waals surface area contributed by atoms with Crippen molar-refractivity contribution in [1.82, 2.24) is 4.67 Å². The maximum atomic E-state index is 5.81. The fraction of sp³-hybridized carbons (Fsp3) is 0.571. The summed E-state index contributed by atoms with van der Waals surface area (Å²) in [5.74, 6) is 0. The Morgan fingerprint density at radius 1 is 1.16 bits per heavy atom. The van der Waals surface area contributed by atoms with Gasteiger partial charge in [0.15, 0.2) is 0 Å². The van der Waals surface area contributed by atoms with Gasteiger partial charge in [0, 0.05) is 18.4 Å². The van der Waals surface area contributed by atoms with Gasteiger partial charge in [0.2, 0.25) is 0 Å². The highest BCUT2D eigenvalue weighted by Gasteiger charge is 2.26. The lowest BCUT2D eigenvalue weighted by atomic mass is 9.87. The molecule has 1 aromatic rings. The molecule has 0 radical (unpaired) electrons. The molecule has 0 N–H and O–H groups in total. The van der Waals surface area contributed by atoms with Gasteiger partial charge in [0.1, 0.15) is 0 Å². The van der Waals surface area contributed by atoms with Crippen LogP contribution in [0.25, 0.3) is 0 Å². The number of hydrogen-bond acceptors (Lipinski definition) is 2. The molecule has 106 valence electrons. The molecule has 0 bridgehead atoms. The Labute approximate surface area is 126 Å². The fourth-order valence-electron chi connectivity index (χ4n) is 2.14. The first kappa shape index (κ1) is 15.5. The van der Waals surface area contributed by atoms with Crippen LogP contribution in [-0.4, -0.2) is 31.0 Å². The summed E-state index contributed by atoms with van der Waals surface area (Å²) in [6.45, 7) is 9.98. The Kier molecular flexibility index (Phi) is 4.79. The van der Waals surface area contributed by atoms with Gasteiger partial charge in [-0.25, -0.2) is 0 Å². The van der Waals surface area contributed by atoms with Gasteiger partial charge >= 0.3 is 0 Å². The molecule has 0 saturated carbocycles. The monoisotopic (exact) mass is 315 g/mol. The summed E-state index contributed by atoms with van der Waals surface area (Å²) in [6, 6.07) is 8.69. The van der Waals surface area contributed by atoms with Crippen molar-refractivity contribution < 1.29 is 4.74 Å². The van der Waals surface area contributed by atoms with Gasteiger partial charge in [-0.3, -0.25) is 4.67 Å². The van der Waals surface area contributed by atoms with E-state index < -0.39 is 5.39 Å². The summed E-state index contributed by atoms with van der Waals surface area (Å²) < 4.78 is 7.70. The van der Waals surface area contributed by atoms with Crippen LogP contribution in [0, 0.1) is 0 Å². The van der Waals surface area contributed by atoms with Crippen molar-refractivity contribution in [2.45, 2.75) is 26.2 Å². The largest absolute Gasteiger partial charge is 0.379 e. The molecule has 1 fully saturated rings. The summed E-state index contributed by atoms with van der Waals surface area (Å²) in [5, 5.41) is -0.730. The molecule has 1 aliphatic rings. The van der Waals surface area contributed by atoms with Crippen molar-refractivity contribution >= 4 is 34.8 Å². The number of hydrogen-bond donors (Lipinski definition) is 1. The summed E-state index contributed by atoms with van der Waals surface area (Å²) in [6.07, 6.45) is 0. The normalized spacial score (nSPS) is 21.1. The van der Waals surface area contributed by atoms with Gasteiger partial charge in [-0.15, -0.1) is 12.2 Å². The van der Waals surface area contributed by atoms with Gasteiger partial charge in [-0.05, 0) is 11.0 Å². The molecule has 1 aliphatic heterocycles. The number of rotatable bonds is 2. The molecule has 1 aromatic carbocycles. The minimum atomic E-state index is -1.91. The third-order valence-electron chi connectivity index (χ3n) is 3.44. The van der Waals surface area contributed by atoms with Crippen molar-refractivity contribution in [2.75, 3.05) is 26.3 Å². The molecule has 1 saturated heterocycles. The lowest BCUT2D eigenvalue weighted by Crippen LogP contribution is -2.35. The average molecular weight is 315 g/mol. The summed E-state index contributed by atoms with van der Waals surface area (Å²) in [4.78, 5) is 0. The average Bonchev–Trinajstić information content (AvgIpc) is 2.39. The van der Waals surface area contributed by atoms with Gasteiger partial charge in [-0.2, -0.15) is 0 Å². The second-order valence-electron chi connectivity index (χ2n) is 5.91. The minimum Gasteiger partial charge on any atom is -0.379 e. The van der Waals surface area contributed by atoms with Gasteiger partial charge < -0.3 is 4.74 Å². The lowest BCUT2D eigenvalue weighted by molar-refractivity contribution is 0.0758. The van der Waals surface area contributed by atoms with E-state index in [9.17, 15) is 0 Å². The molecule has 0 amide bonds. The molecule has 0 spiro atoms. The van der Waals surface area contributed by atoms with E-state index in [2.05, 4.69) is 49.7 Å². The Morgan fingerprint density at radius 3 is 2.16 bits per heavy atom. The van der Waals surface area contributed by atoms with E-state index in [1.807, 2.05) is 0 Å². The SMILES string of the molecule is CC(C)(C)c1ccc(P(=S)(S)N2CCOCC2)cc1. The number of ether oxygens (including phenoxy) is 1. The molecule has 1 unspecified atom stereocenters. The number of benzene rings is 1. The van der Waals surface area contributed by atoms with Gasteiger partial charge in [0.25, 0.3) is 0 Å². The third-order valence-corrected chi connectivity index (χ3v) is 8.36. The zero-order valence-corrected chi connectivity index (χ0v) is 14.4. The van der Waals surface area contributed by atoms with E-state index >= 15 is 0 Å². The Morgan fingerprint density at radius 2 is 1.68 bits per heavy atom. The van der Waals surface area contributed by atoms with Crippen LogP contribution < -0.4 is 5.30 Å². The first-order valence-electron chi connectivity index (χ1n) is 6.59. The molecule has 1 atom stereocenters. The van der Waals surface area contributed by atoms with Crippen LogP contribution in [0.4, 0.5) is 0 Å². The molecule has 19 heavy (non-hydrogen) atoms. The van der Waals surface area contributed by atoms with E-state index in [4.69, 9.17) is 28.8 Å². The standard InChI is InChI=1S/C14H22NOPS2/c1-14(2,3)12-4-6-13(7-5-12)17(18,19)15-8-10-16-11-9-15/h4-7H,8-11H2,1-3H3,(H,18,19). The summed E-state index contributed by atoms with van der Waals surface area (Å²) in [5.41, 5.74) is 1.51. The molecule has 1 heterocycles. The predicted octanol–water partition coefficient (Wildman–Crippen LogP) is 3.18. The zero-order chi connectivity index (χ0) is 14.1. The van der Waals surface area contributed by atoms with Crippen molar-refractivity contribution in [3.05, 3.63) is 29.8 Å². The van der Waals surface area contributed by atoms with E-state index in [1.54, 1.807) is 0 Å². The Bertz CT molecular complexity index is 475. The van der Waals surface area contributed by atoms with Crippen LogP contribution in [0.3, 0.4) is 0 Å². The first-order valence-corrected chi connectivity index (χ1v) is 10.5. The van der Waals surface area contributed by atoms with Gasteiger partial charge in [0.05, 0.1) is 18.6 Å². The van der Waals surface area contributed by atoms with Crippen LogP contribution in [0.15, 0.2) is 24.3 Å². The lowest BCUT2D eigenvalue weighted by Gasteiger charge is -2.34. The van der Waals surface area contributed by atoms with Crippen molar-refractivity contribution in [1.29, 1.82) is 0 Å². The molecule has 2 nitrogen and oxygen atoms in total. The molecule has 2 rings (SSSR count). The minimum absolute atomic E-state index is 0.177.